The van der Waals surface area contributed by atoms with Crippen LogP contribution >= 0.6 is 12.2 Å². The molecule has 2 aromatic rings. The molecular formula is C20H24N2S. The quantitative estimate of drug-likeness (QED) is 0.780. The molecule has 0 spiro atoms. The topological polar surface area (TPSA) is 15.3 Å². The van der Waals surface area contributed by atoms with E-state index in [1.54, 1.807) is 0 Å². The van der Waals surface area contributed by atoms with Crippen molar-refractivity contribution < 1.29 is 0 Å². The van der Waals surface area contributed by atoms with Crippen LogP contribution in [0, 0.1) is 12.8 Å². The standard InChI is InChI=1S/C20H24N2S/c1-15-7-6-10-19(13-15)21-20(23)22(16(2)18-11-12-18)14-17-8-4-3-5-9-17/h3-10,13,16,18H,11-12,14H2,1-2H3,(H,21,23)/t16-/m0/s1. The van der Waals surface area contributed by atoms with Crippen LogP contribution in [0.15, 0.2) is 54.6 Å². The number of hydrogen-bond donors (Lipinski definition) is 1. The van der Waals surface area contributed by atoms with Crippen molar-refractivity contribution in [1.29, 1.82) is 0 Å². The van der Waals surface area contributed by atoms with Crippen LogP contribution in [0.1, 0.15) is 30.9 Å². The first-order chi connectivity index (χ1) is 11.1. The van der Waals surface area contributed by atoms with E-state index in [0.29, 0.717) is 6.04 Å². The zero-order chi connectivity index (χ0) is 16.2. The van der Waals surface area contributed by atoms with Crippen LogP contribution in [0.2, 0.25) is 0 Å². The molecule has 120 valence electrons. The largest absolute Gasteiger partial charge is 0.342 e. The highest BCUT2D eigenvalue weighted by molar-refractivity contribution is 7.80. The molecule has 3 heteroatoms. The van der Waals surface area contributed by atoms with E-state index in [0.717, 1.165) is 23.3 Å². The maximum Gasteiger partial charge on any atom is 0.173 e. The molecule has 0 heterocycles. The Morgan fingerprint density at radius 2 is 1.91 bits per heavy atom. The Kier molecular flexibility index (Phi) is 4.97. The number of anilines is 1. The Labute approximate surface area is 144 Å². The minimum atomic E-state index is 0.472. The van der Waals surface area contributed by atoms with Gasteiger partial charge in [-0.3, -0.25) is 0 Å². The number of nitrogens with one attached hydrogen (secondary N) is 1. The summed E-state index contributed by atoms with van der Waals surface area (Å²) in [7, 11) is 0. The maximum absolute atomic E-state index is 5.74. The summed E-state index contributed by atoms with van der Waals surface area (Å²) in [5.41, 5.74) is 3.60. The molecule has 1 fully saturated rings. The Hall–Kier alpha value is -1.87. The van der Waals surface area contributed by atoms with Crippen molar-refractivity contribution in [3.8, 4) is 0 Å². The monoisotopic (exact) mass is 324 g/mol. The van der Waals surface area contributed by atoms with Gasteiger partial charge in [0, 0.05) is 18.3 Å². The van der Waals surface area contributed by atoms with E-state index in [-0.39, 0.29) is 0 Å². The summed E-state index contributed by atoms with van der Waals surface area (Å²) in [5.74, 6) is 0.774. The molecule has 0 saturated heterocycles. The van der Waals surface area contributed by atoms with Crippen molar-refractivity contribution in [2.24, 2.45) is 5.92 Å². The number of nitrogens with zero attached hydrogens (tertiary/aromatic N) is 1. The second-order valence-corrected chi connectivity index (χ2v) is 6.88. The van der Waals surface area contributed by atoms with Crippen molar-refractivity contribution in [3.63, 3.8) is 0 Å². The molecule has 0 aromatic heterocycles. The Morgan fingerprint density at radius 3 is 2.57 bits per heavy atom. The zero-order valence-electron chi connectivity index (χ0n) is 13.8. The van der Waals surface area contributed by atoms with Crippen LogP contribution in [0.25, 0.3) is 0 Å². The first-order valence-corrected chi connectivity index (χ1v) is 8.72. The molecule has 2 nitrogen and oxygen atoms in total. The summed E-state index contributed by atoms with van der Waals surface area (Å²) in [4.78, 5) is 2.34. The number of rotatable bonds is 5. The average molecular weight is 324 g/mol. The van der Waals surface area contributed by atoms with Crippen LogP contribution in [-0.4, -0.2) is 16.1 Å². The average Bonchev–Trinajstić information content (AvgIpc) is 3.38. The normalized spacial score (nSPS) is 15.0. The van der Waals surface area contributed by atoms with Gasteiger partial charge in [0.05, 0.1) is 0 Å². The van der Waals surface area contributed by atoms with Crippen LogP contribution in [0.4, 0.5) is 5.69 Å². The highest BCUT2D eigenvalue weighted by atomic mass is 32.1. The maximum atomic E-state index is 5.74. The summed E-state index contributed by atoms with van der Waals surface area (Å²) in [5, 5.41) is 4.24. The van der Waals surface area contributed by atoms with Crippen molar-refractivity contribution in [2.45, 2.75) is 39.3 Å². The summed E-state index contributed by atoms with van der Waals surface area (Å²) in [6, 6.07) is 19.4. The van der Waals surface area contributed by atoms with E-state index in [2.05, 4.69) is 78.7 Å². The lowest BCUT2D eigenvalue weighted by Gasteiger charge is -2.32. The Morgan fingerprint density at radius 1 is 1.17 bits per heavy atom. The van der Waals surface area contributed by atoms with E-state index in [9.17, 15) is 0 Å². The molecule has 1 N–H and O–H groups in total. The van der Waals surface area contributed by atoms with Crippen molar-refractivity contribution in [1.82, 2.24) is 4.90 Å². The molecule has 1 aliphatic rings. The van der Waals surface area contributed by atoms with Gasteiger partial charge in [-0.05, 0) is 68.1 Å². The molecule has 1 atom stereocenters. The van der Waals surface area contributed by atoms with Gasteiger partial charge in [0.25, 0.3) is 0 Å². The summed E-state index contributed by atoms with van der Waals surface area (Å²) in [6.45, 7) is 5.25. The van der Waals surface area contributed by atoms with E-state index < -0.39 is 0 Å². The summed E-state index contributed by atoms with van der Waals surface area (Å²) < 4.78 is 0. The minimum Gasteiger partial charge on any atom is -0.342 e. The van der Waals surface area contributed by atoms with Crippen LogP contribution < -0.4 is 5.32 Å². The Balaban J connectivity index is 1.75. The van der Waals surface area contributed by atoms with Crippen LogP contribution in [0.3, 0.4) is 0 Å². The molecule has 0 amide bonds. The molecule has 0 unspecified atom stereocenters. The first-order valence-electron chi connectivity index (χ1n) is 8.31. The third-order valence-electron chi connectivity index (χ3n) is 4.52. The van der Waals surface area contributed by atoms with Gasteiger partial charge >= 0.3 is 0 Å². The second-order valence-electron chi connectivity index (χ2n) is 6.49. The van der Waals surface area contributed by atoms with Gasteiger partial charge in [0.1, 0.15) is 0 Å². The van der Waals surface area contributed by atoms with Crippen molar-refractivity contribution >= 4 is 23.0 Å². The number of hydrogen-bond acceptors (Lipinski definition) is 1. The van der Waals surface area contributed by atoms with Gasteiger partial charge in [-0.1, -0.05) is 42.5 Å². The first kappa shape index (κ1) is 16.0. The minimum absolute atomic E-state index is 0.472. The van der Waals surface area contributed by atoms with Crippen LogP contribution in [-0.2, 0) is 6.54 Å². The second kappa shape index (κ2) is 7.14. The molecule has 3 rings (SSSR count). The molecular weight excluding hydrogens is 300 g/mol. The van der Waals surface area contributed by atoms with E-state index >= 15 is 0 Å². The van der Waals surface area contributed by atoms with Gasteiger partial charge in [-0.2, -0.15) is 0 Å². The van der Waals surface area contributed by atoms with Gasteiger partial charge < -0.3 is 10.2 Å². The predicted molar refractivity (Wildman–Crippen MR) is 102 cm³/mol. The number of thiocarbonyl (C=S) groups is 1. The lowest BCUT2D eigenvalue weighted by molar-refractivity contribution is 0.298. The van der Waals surface area contributed by atoms with E-state index in [4.69, 9.17) is 12.2 Å². The number of benzene rings is 2. The molecule has 1 aliphatic carbocycles. The van der Waals surface area contributed by atoms with Gasteiger partial charge in [0.15, 0.2) is 5.11 Å². The smallest absolute Gasteiger partial charge is 0.173 e. The highest BCUT2D eigenvalue weighted by Gasteiger charge is 2.33. The fourth-order valence-corrected chi connectivity index (χ4v) is 3.28. The van der Waals surface area contributed by atoms with Gasteiger partial charge in [0.2, 0.25) is 0 Å². The van der Waals surface area contributed by atoms with E-state index in [1.807, 2.05) is 0 Å². The molecule has 1 saturated carbocycles. The number of aryl methyl sites for hydroxylation is 1. The van der Waals surface area contributed by atoms with E-state index in [1.165, 1.54) is 24.0 Å². The fourth-order valence-electron chi connectivity index (χ4n) is 2.93. The molecule has 0 bridgehead atoms. The molecule has 23 heavy (non-hydrogen) atoms. The lowest BCUT2D eigenvalue weighted by Crippen LogP contribution is -2.41. The van der Waals surface area contributed by atoms with Gasteiger partial charge in [-0.25, -0.2) is 0 Å². The summed E-state index contributed by atoms with van der Waals surface area (Å²) >= 11 is 5.74. The predicted octanol–water partition coefficient (Wildman–Crippen LogP) is 4.99. The molecule has 2 aromatic carbocycles. The molecule has 0 aliphatic heterocycles. The molecule has 0 radical (unpaired) electrons. The third kappa shape index (κ3) is 4.32. The van der Waals surface area contributed by atoms with Gasteiger partial charge in [-0.15, -0.1) is 0 Å². The van der Waals surface area contributed by atoms with Crippen molar-refractivity contribution in [2.75, 3.05) is 5.32 Å². The SMILES string of the molecule is Cc1cccc(NC(=S)N(Cc2ccccc2)[C@@H](C)C2CC2)c1. The Bertz CT molecular complexity index is 664. The lowest BCUT2D eigenvalue weighted by atomic mass is 10.1. The van der Waals surface area contributed by atoms with Crippen LogP contribution in [0.5, 0.6) is 0 Å². The highest BCUT2D eigenvalue weighted by Crippen LogP contribution is 2.36. The summed E-state index contributed by atoms with van der Waals surface area (Å²) in [6.07, 6.45) is 2.64. The zero-order valence-corrected chi connectivity index (χ0v) is 14.6. The fraction of sp³-hybridized carbons (Fsp3) is 0.350. The van der Waals surface area contributed by atoms with Crippen molar-refractivity contribution in [3.05, 3.63) is 65.7 Å². The third-order valence-corrected chi connectivity index (χ3v) is 4.86.